The molecule has 0 atom stereocenters. The molecule has 0 fully saturated rings. The highest BCUT2D eigenvalue weighted by Gasteiger charge is 2.14. The average molecular weight is 258 g/mol. The first-order chi connectivity index (χ1) is 8.86. The highest BCUT2D eigenvalue weighted by Crippen LogP contribution is 2.40. The predicted molar refractivity (Wildman–Crippen MR) is 74.2 cm³/mol. The molecule has 0 radical (unpaired) electrons. The summed E-state index contributed by atoms with van der Waals surface area (Å²) in [6.45, 7) is 3.11. The summed E-state index contributed by atoms with van der Waals surface area (Å²) in [5.74, 6) is 0. The van der Waals surface area contributed by atoms with Gasteiger partial charge in [0, 0.05) is 31.3 Å². The molecule has 0 amide bonds. The smallest absolute Gasteiger partial charge is 0.100 e. The van der Waals surface area contributed by atoms with Crippen molar-refractivity contribution in [2.24, 2.45) is 0 Å². The van der Waals surface area contributed by atoms with E-state index < -0.39 is 0 Å². The van der Waals surface area contributed by atoms with E-state index >= 15 is 0 Å². The van der Waals surface area contributed by atoms with Crippen LogP contribution in [-0.4, -0.2) is 14.8 Å². The van der Waals surface area contributed by atoms with Gasteiger partial charge in [0.05, 0.1) is 15.5 Å². The van der Waals surface area contributed by atoms with E-state index in [1.54, 1.807) is 18.0 Å². The number of aryl methyl sites for hydroxylation is 1. The van der Waals surface area contributed by atoms with Gasteiger partial charge in [0.2, 0.25) is 0 Å². The van der Waals surface area contributed by atoms with Crippen molar-refractivity contribution in [2.75, 3.05) is 5.32 Å². The lowest BCUT2D eigenvalue weighted by Crippen LogP contribution is -2.01. The Morgan fingerprint density at radius 3 is 3.22 bits per heavy atom. The fourth-order valence-electron chi connectivity index (χ4n) is 1.84. The lowest BCUT2D eigenvalue weighted by Gasteiger charge is -2.15. The number of aromatic nitrogens is 3. The Balaban J connectivity index is 1.84. The van der Waals surface area contributed by atoms with E-state index in [-0.39, 0.29) is 0 Å². The first-order valence-electron chi connectivity index (χ1n) is 5.99. The van der Waals surface area contributed by atoms with Crippen LogP contribution in [0.2, 0.25) is 0 Å². The van der Waals surface area contributed by atoms with Crippen LogP contribution in [0.25, 0.3) is 4.91 Å². The minimum absolute atomic E-state index is 0.962. The quantitative estimate of drug-likeness (QED) is 0.918. The number of fused-ring (bicyclic) bond motifs is 1. The summed E-state index contributed by atoms with van der Waals surface area (Å²) >= 11 is 1.70. The zero-order valence-corrected chi connectivity index (χ0v) is 10.9. The Bertz CT molecular complexity index is 588. The third kappa shape index (κ3) is 2.13. The predicted octanol–water partition coefficient (Wildman–Crippen LogP) is 3.20. The second kappa shape index (κ2) is 4.86. The van der Waals surface area contributed by atoms with Crippen molar-refractivity contribution < 1.29 is 0 Å². The number of thioether (sulfide) groups is 1. The molecule has 0 saturated heterocycles. The van der Waals surface area contributed by atoms with Gasteiger partial charge in [0.25, 0.3) is 0 Å². The summed E-state index contributed by atoms with van der Waals surface area (Å²) in [7, 11) is 0. The van der Waals surface area contributed by atoms with Gasteiger partial charge in [-0.1, -0.05) is 18.7 Å². The van der Waals surface area contributed by atoms with E-state index in [0.717, 1.165) is 34.1 Å². The van der Waals surface area contributed by atoms with E-state index in [1.165, 1.54) is 0 Å². The summed E-state index contributed by atoms with van der Waals surface area (Å²) in [4.78, 5) is 6.42. The van der Waals surface area contributed by atoms with Crippen LogP contribution in [0.3, 0.4) is 0 Å². The van der Waals surface area contributed by atoms with Crippen molar-refractivity contribution >= 4 is 22.4 Å². The maximum Gasteiger partial charge on any atom is 0.100 e. The molecular formula is C13H14N4S. The molecule has 3 heterocycles. The summed E-state index contributed by atoms with van der Waals surface area (Å²) in [6, 6.07) is 4.03. The maximum atomic E-state index is 4.56. The molecule has 3 rings (SSSR count). The minimum Gasteiger partial charge on any atom is -0.360 e. The van der Waals surface area contributed by atoms with E-state index in [0.29, 0.717) is 0 Å². The second-order valence-corrected chi connectivity index (χ2v) is 5.17. The SMILES string of the molecule is CCCn1ccc(C2=CNc3ccncc3S2)n1. The van der Waals surface area contributed by atoms with Crippen molar-refractivity contribution in [3.63, 3.8) is 0 Å². The molecule has 1 aliphatic rings. The van der Waals surface area contributed by atoms with Crippen molar-refractivity contribution in [3.05, 3.63) is 42.6 Å². The van der Waals surface area contributed by atoms with Crippen LogP contribution in [0.5, 0.6) is 0 Å². The first-order valence-corrected chi connectivity index (χ1v) is 6.81. The molecular weight excluding hydrogens is 244 g/mol. The van der Waals surface area contributed by atoms with E-state index in [9.17, 15) is 0 Å². The van der Waals surface area contributed by atoms with Crippen LogP contribution in [0.4, 0.5) is 5.69 Å². The normalized spacial score (nSPS) is 13.7. The Kier molecular flexibility index (Phi) is 3.06. The number of hydrogen-bond acceptors (Lipinski definition) is 4. The molecule has 1 aliphatic heterocycles. The van der Waals surface area contributed by atoms with Gasteiger partial charge in [-0.3, -0.25) is 9.67 Å². The molecule has 0 aromatic carbocycles. The lowest BCUT2D eigenvalue weighted by molar-refractivity contribution is 0.601. The van der Waals surface area contributed by atoms with Crippen molar-refractivity contribution in [3.8, 4) is 0 Å². The van der Waals surface area contributed by atoms with Crippen LogP contribution in [0.15, 0.2) is 41.8 Å². The third-order valence-electron chi connectivity index (χ3n) is 2.71. The molecule has 0 unspecified atom stereocenters. The summed E-state index contributed by atoms with van der Waals surface area (Å²) in [6.07, 6.45) is 8.80. The highest BCUT2D eigenvalue weighted by atomic mass is 32.2. The van der Waals surface area contributed by atoms with Gasteiger partial charge in [-0.15, -0.1) is 0 Å². The standard InChI is InChI=1S/C13H14N4S/c1-2-6-17-7-4-11(16-17)13-9-15-10-3-5-14-8-12(10)18-13/h3-5,7-9,15H,2,6H2,1H3. The number of nitrogens with one attached hydrogen (secondary N) is 1. The average Bonchev–Trinajstić information content (AvgIpc) is 2.87. The molecule has 18 heavy (non-hydrogen) atoms. The van der Waals surface area contributed by atoms with Crippen LogP contribution in [0, 0.1) is 0 Å². The van der Waals surface area contributed by atoms with Crippen LogP contribution >= 0.6 is 11.8 Å². The molecule has 2 aromatic rings. The molecule has 2 aromatic heterocycles. The number of rotatable bonds is 3. The zero-order valence-electron chi connectivity index (χ0n) is 10.1. The topological polar surface area (TPSA) is 42.7 Å². The van der Waals surface area contributed by atoms with Gasteiger partial charge in [-0.2, -0.15) is 5.10 Å². The largest absolute Gasteiger partial charge is 0.360 e. The van der Waals surface area contributed by atoms with Crippen molar-refractivity contribution in [1.82, 2.24) is 14.8 Å². The van der Waals surface area contributed by atoms with Gasteiger partial charge in [0.1, 0.15) is 5.69 Å². The van der Waals surface area contributed by atoms with E-state index in [1.807, 2.05) is 29.3 Å². The van der Waals surface area contributed by atoms with Crippen LogP contribution < -0.4 is 5.32 Å². The molecule has 0 aliphatic carbocycles. The second-order valence-electron chi connectivity index (χ2n) is 4.09. The Morgan fingerprint density at radius 2 is 2.33 bits per heavy atom. The Labute approximate surface area is 110 Å². The van der Waals surface area contributed by atoms with Gasteiger partial charge in [-0.25, -0.2) is 0 Å². The monoisotopic (exact) mass is 258 g/mol. The van der Waals surface area contributed by atoms with Crippen LogP contribution in [0.1, 0.15) is 19.0 Å². The number of hydrogen-bond donors (Lipinski definition) is 1. The fraction of sp³-hybridized carbons (Fsp3) is 0.231. The van der Waals surface area contributed by atoms with Crippen molar-refractivity contribution in [1.29, 1.82) is 0 Å². The summed E-state index contributed by atoms with van der Waals surface area (Å²) in [5, 5.41) is 7.84. The molecule has 4 nitrogen and oxygen atoms in total. The molecule has 5 heteroatoms. The third-order valence-corrected chi connectivity index (χ3v) is 3.80. The fourth-order valence-corrected chi connectivity index (χ4v) is 2.76. The van der Waals surface area contributed by atoms with Gasteiger partial charge in [-0.05, 0) is 18.6 Å². The number of anilines is 1. The molecule has 1 N–H and O–H groups in total. The number of nitrogens with zero attached hydrogens (tertiary/aromatic N) is 3. The Morgan fingerprint density at radius 1 is 1.39 bits per heavy atom. The molecule has 0 saturated carbocycles. The maximum absolute atomic E-state index is 4.56. The Hall–Kier alpha value is -1.75. The number of pyridine rings is 1. The summed E-state index contributed by atoms with van der Waals surface area (Å²) < 4.78 is 1.98. The zero-order chi connectivity index (χ0) is 12.4. The minimum atomic E-state index is 0.962. The molecule has 92 valence electrons. The van der Waals surface area contributed by atoms with Gasteiger partial charge >= 0.3 is 0 Å². The molecule has 0 spiro atoms. The van der Waals surface area contributed by atoms with Gasteiger partial charge < -0.3 is 5.32 Å². The van der Waals surface area contributed by atoms with Gasteiger partial charge in [0.15, 0.2) is 0 Å². The first kappa shape index (κ1) is 11.3. The lowest BCUT2D eigenvalue weighted by atomic mass is 10.3. The van der Waals surface area contributed by atoms with E-state index in [2.05, 4.69) is 28.4 Å². The van der Waals surface area contributed by atoms with Crippen molar-refractivity contribution in [2.45, 2.75) is 24.8 Å². The van der Waals surface area contributed by atoms with Crippen LogP contribution in [-0.2, 0) is 6.54 Å². The van der Waals surface area contributed by atoms with E-state index in [4.69, 9.17) is 0 Å². The highest BCUT2D eigenvalue weighted by molar-refractivity contribution is 8.08. The molecule has 0 bridgehead atoms. The summed E-state index contributed by atoms with van der Waals surface area (Å²) in [5.41, 5.74) is 2.11.